The van der Waals surface area contributed by atoms with Crippen LogP contribution in [0.5, 0.6) is 0 Å². The summed E-state index contributed by atoms with van der Waals surface area (Å²) in [4.78, 5) is 21.5. The summed E-state index contributed by atoms with van der Waals surface area (Å²) in [5.41, 5.74) is 1.42. The van der Waals surface area contributed by atoms with Crippen molar-refractivity contribution >= 4 is 47.4 Å². The third-order valence-corrected chi connectivity index (χ3v) is 6.06. The van der Waals surface area contributed by atoms with E-state index >= 15 is 0 Å². The Morgan fingerprint density at radius 3 is 2.58 bits per heavy atom. The second-order valence-electron chi connectivity index (χ2n) is 8.07. The van der Waals surface area contributed by atoms with Crippen LogP contribution in [0, 0.1) is 0 Å². The molecule has 9 heteroatoms. The summed E-state index contributed by atoms with van der Waals surface area (Å²) in [5, 5.41) is 7.12. The highest BCUT2D eigenvalue weighted by atomic mass is 127. The Hall–Kier alpha value is -1.10. The smallest absolute Gasteiger partial charge is 0.234 e. The predicted octanol–water partition coefficient (Wildman–Crippen LogP) is 2.34. The van der Waals surface area contributed by atoms with E-state index in [9.17, 15) is 4.79 Å². The summed E-state index contributed by atoms with van der Waals surface area (Å²) in [6.07, 6.45) is 2.31. The Kier molecular flexibility index (Phi) is 10.8. The van der Waals surface area contributed by atoms with Crippen molar-refractivity contribution in [1.82, 2.24) is 20.4 Å². The lowest BCUT2D eigenvalue weighted by Gasteiger charge is -2.36. The molecule has 1 aromatic carbocycles. The van der Waals surface area contributed by atoms with Crippen LogP contribution in [0.3, 0.4) is 0 Å². The lowest BCUT2D eigenvalue weighted by molar-refractivity contribution is -0.122. The van der Waals surface area contributed by atoms with E-state index in [4.69, 9.17) is 21.3 Å². The van der Waals surface area contributed by atoms with Gasteiger partial charge in [-0.2, -0.15) is 0 Å². The average molecular weight is 564 g/mol. The molecule has 7 nitrogen and oxygen atoms in total. The zero-order chi connectivity index (χ0) is 21.4. The molecule has 0 aromatic heterocycles. The summed E-state index contributed by atoms with van der Waals surface area (Å²) in [5.74, 6) is 1.02. The molecule has 174 valence electrons. The molecule has 1 aliphatic heterocycles. The number of guanidine groups is 1. The van der Waals surface area contributed by atoms with Crippen LogP contribution < -0.4 is 10.6 Å². The van der Waals surface area contributed by atoms with Crippen molar-refractivity contribution in [3.05, 3.63) is 34.9 Å². The van der Waals surface area contributed by atoms with Gasteiger partial charge >= 0.3 is 0 Å². The van der Waals surface area contributed by atoms with Crippen molar-refractivity contribution in [3.63, 3.8) is 0 Å². The number of amides is 1. The molecule has 31 heavy (non-hydrogen) atoms. The van der Waals surface area contributed by atoms with Gasteiger partial charge in [0.25, 0.3) is 0 Å². The number of methoxy groups -OCH3 is 1. The third kappa shape index (κ3) is 7.76. The zero-order valence-corrected chi connectivity index (χ0v) is 21.6. The first kappa shape index (κ1) is 26.2. The highest BCUT2D eigenvalue weighted by Crippen LogP contribution is 2.48. The van der Waals surface area contributed by atoms with Crippen LogP contribution in [0.4, 0.5) is 0 Å². The van der Waals surface area contributed by atoms with Gasteiger partial charge in [0.05, 0.1) is 19.7 Å². The fourth-order valence-electron chi connectivity index (χ4n) is 3.83. The van der Waals surface area contributed by atoms with Gasteiger partial charge in [-0.15, -0.1) is 24.0 Å². The zero-order valence-electron chi connectivity index (χ0n) is 18.5. The number of hydrogen-bond donors (Lipinski definition) is 2. The van der Waals surface area contributed by atoms with E-state index < -0.39 is 0 Å². The van der Waals surface area contributed by atoms with Gasteiger partial charge in [0, 0.05) is 56.8 Å². The summed E-state index contributed by atoms with van der Waals surface area (Å²) >= 11 is 6.20. The number of benzene rings is 1. The van der Waals surface area contributed by atoms with E-state index in [0.717, 1.165) is 63.1 Å². The van der Waals surface area contributed by atoms with E-state index in [-0.39, 0.29) is 35.3 Å². The van der Waals surface area contributed by atoms with Crippen LogP contribution >= 0.6 is 35.6 Å². The minimum atomic E-state index is 0. The second kappa shape index (κ2) is 12.8. The van der Waals surface area contributed by atoms with E-state index in [1.165, 1.54) is 5.56 Å². The molecule has 1 amide bonds. The Morgan fingerprint density at radius 2 is 1.97 bits per heavy atom. The number of hydrogen-bond acceptors (Lipinski definition) is 4. The van der Waals surface area contributed by atoms with Crippen LogP contribution in [0.2, 0.25) is 5.02 Å². The molecule has 2 fully saturated rings. The molecule has 2 N–H and O–H groups in total. The topological polar surface area (TPSA) is 69.2 Å². The number of nitrogens with zero attached hydrogens (tertiary/aromatic N) is 3. The molecule has 0 radical (unpaired) electrons. The standard InChI is InChI=1S/C22H34ClN5O2.HI/c1-3-24-21(26-17-22(7-8-22)18-5-4-6-19(23)15-18)28-12-10-27(11-13-28)16-20(29)25-9-14-30-2;/h4-6,15H,3,7-14,16-17H2,1-2H3,(H,24,26)(H,25,29);1H. The van der Waals surface area contributed by atoms with Gasteiger partial charge in [-0.05, 0) is 37.5 Å². The second-order valence-corrected chi connectivity index (χ2v) is 8.50. The molecule has 3 rings (SSSR count). The van der Waals surface area contributed by atoms with Crippen molar-refractivity contribution in [1.29, 1.82) is 0 Å². The molecular weight excluding hydrogens is 529 g/mol. The molecule has 1 aromatic rings. The van der Waals surface area contributed by atoms with Gasteiger partial charge < -0.3 is 20.3 Å². The number of ether oxygens (including phenoxy) is 1. The number of aliphatic imine (C=N–C) groups is 1. The van der Waals surface area contributed by atoms with Gasteiger partial charge in [0.1, 0.15) is 0 Å². The number of piperazine rings is 1. The minimum Gasteiger partial charge on any atom is -0.383 e. The quantitative estimate of drug-likeness (QED) is 0.209. The number of rotatable bonds is 9. The lowest BCUT2D eigenvalue weighted by atomic mass is 9.96. The first-order valence-electron chi connectivity index (χ1n) is 10.8. The van der Waals surface area contributed by atoms with Crippen molar-refractivity contribution in [2.75, 3.05) is 66.1 Å². The van der Waals surface area contributed by atoms with Gasteiger partial charge in [0.2, 0.25) is 5.91 Å². The lowest BCUT2D eigenvalue weighted by Crippen LogP contribution is -2.54. The Balaban J connectivity index is 0.00000341. The van der Waals surface area contributed by atoms with Crippen molar-refractivity contribution in [2.24, 2.45) is 4.99 Å². The molecule has 1 aliphatic carbocycles. The first-order valence-corrected chi connectivity index (χ1v) is 11.2. The molecule has 0 unspecified atom stereocenters. The van der Waals surface area contributed by atoms with E-state index in [0.29, 0.717) is 19.7 Å². The summed E-state index contributed by atoms with van der Waals surface area (Å²) < 4.78 is 4.97. The molecule has 0 atom stereocenters. The Labute approximate surface area is 207 Å². The summed E-state index contributed by atoms with van der Waals surface area (Å²) in [6, 6.07) is 8.19. The van der Waals surface area contributed by atoms with Crippen molar-refractivity contribution in [3.8, 4) is 0 Å². The van der Waals surface area contributed by atoms with Crippen molar-refractivity contribution < 1.29 is 9.53 Å². The number of carbonyl (C=O) groups excluding carboxylic acids is 1. The number of nitrogens with one attached hydrogen (secondary N) is 2. The molecule has 1 saturated carbocycles. The monoisotopic (exact) mass is 563 g/mol. The molecule has 1 heterocycles. The molecular formula is C22H35ClIN5O2. The van der Waals surface area contributed by atoms with Crippen LogP contribution in [0.25, 0.3) is 0 Å². The Morgan fingerprint density at radius 1 is 1.23 bits per heavy atom. The average Bonchev–Trinajstić information content (AvgIpc) is 3.53. The first-order chi connectivity index (χ1) is 14.6. The Bertz CT molecular complexity index is 736. The number of halogens is 2. The minimum absolute atomic E-state index is 0. The third-order valence-electron chi connectivity index (χ3n) is 5.82. The highest BCUT2D eigenvalue weighted by Gasteiger charge is 2.44. The molecule has 1 saturated heterocycles. The molecule has 2 aliphatic rings. The summed E-state index contributed by atoms with van der Waals surface area (Å²) in [6.45, 7) is 8.66. The van der Waals surface area contributed by atoms with Crippen LogP contribution in [0.1, 0.15) is 25.3 Å². The molecule has 0 bridgehead atoms. The SMILES string of the molecule is CCNC(=NCC1(c2cccc(Cl)c2)CC1)N1CCN(CC(=O)NCCOC)CC1.I. The van der Waals surface area contributed by atoms with Crippen LogP contribution in [-0.4, -0.2) is 87.7 Å². The van der Waals surface area contributed by atoms with E-state index in [1.807, 2.05) is 12.1 Å². The maximum Gasteiger partial charge on any atom is 0.234 e. The maximum atomic E-state index is 12.0. The van der Waals surface area contributed by atoms with Gasteiger partial charge in [-0.25, -0.2) is 0 Å². The van der Waals surface area contributed by atoms with E-state index in [1.54, 1.807) is 7.11 Å². The normalized spacial score (nSPS) is 18.3. The fraction of sp³-hybridized carbons (Fsp3) is 0.636. The van der Waals surface area contributed by atoms with E-state index in [2.05, 4.69) is 39.5 Å². The van der Waals surface area contributed by atoms with Crippen molar-refractivity contribution in [2.45, 2.75) is 25.2 Å². The highest BCUT2D eigenvalue weighted by molar-refractivity contribution is 14.0. The fourth-order valence-corrected chi connectivity index (χ4v) is 4.02. The van der Waals surface area contributed by atoms with Gasteiger partial charge in [-0.1, -0.05) is 23.7 Å². The van der Waals surface area contributed by atoms with Crippen LogP contribution in [-0.2, 0) is 14.9 Å². The largest absolute Gasteiger partial charge is 0.383 e. The van der Waals surface area contributed by atoms with Gasteiger partial charge in [0.15, 0.2) is 5.96 Å². The van der Waals surface area contributed by atoms with Gasteiger partial charge in [-0.3, -0.25) is 14.7 Å². The predicted molar refractivity (Wildman–Crippen MR) is 137 cm³/mol. The maximum absolute atomic E-state index is 12.0. The summed E-state index contributed by atoms with van der Waals surface area (Å²) in [7, 11) is 1.63. The van der Waals surface area contributed by atoms with Crippen LogP contribution in [0.15, 0.2) is 29.3 Å². The molecule has 0 spiro atoms. The number of carbonyl (C=O) groups is 1.